The Morgan fingerprint density at radius 1 is 1.65 bits per heavy atom. The molecule has 17 heavy (non-hydrogen) atoms. The summed E-state index contributed by atoms with van der Waals surface area (Å²) in [5.74, 6) is -0.279. The Balaban J connectivity index is 2.38. The molecular formula is C12H19NO3S. The van der Waals surface area contributed by atoms with Gasteiger partial charge in [0.05, 0.1) is 18.2 Å². The fourth-order valence-electron chi connectivity index (χ4n) is 1.63. The van der Waals surface area contributed by atoms with E-state index in [1.54, 1.807) is 11.3 Å². The first-order valence-corrected chi connectivity index (χ1v) is 6.42. The molecule has 0 amide bonds. The Hall–Kier alpha value is -1.07. The fraction of sp³-hybridized carbons (Fsp3) is 0.583. The molecule has 1 rings (SSSR count). The second-order valence-corrected chi connectivity index (χ2v) is 4.95. The number of anilines is 1. The SMILES string of the molecule is COC(=O)CCC(O)CN(C)c1sccc1C. The maximum atomic E-state index is 10.9. The van der Waals surface area contributed by atoms with Crippen molar-refractivity contribution in [3.05, 3.63) is 17.0 Å². The van der Waals surface area contributed by atoms with Crippen LogP contribution in [-0.4, -0.2) is 37.9 Å². The lowest BCUT2D eigenvalue weighted by atomic mass is 10.2. The molecule has 0 aliphatic carbocycles. The number of esters is 1. The number of aryl methyl sites for hydroxylation is 1. The van der Waals surface area contributed by atoms with Gasteiger partial charge in [-0.2, -0.15) is 0 Å². The van der Waals surface area contributed by atoms with Gasteiger partial charge >= 0.3 is 5.97 Å². The van der Waals surface area contributed by atoms with Gasteiger partial charge in [0, 0.05) is 20.0 Å². The van der Waals surface area contributed by atoms with Gasteiger partial charge in [-0.3, -0.25) is 4.79 Å². The molecule has 1 N–H and O–H groups in total. The molecule has 4 nitrogen and oxygen atoms in total. The van der Waals surface area contributed by atoms with Gasteiger partial charge < -0.3 is 14.7 Å². The largest absolute Gasteiger partial charge is 0.469 e. The van der Waals surface area contributed by atoms with Crippen molar-refractivity contribution in [2.24, 2.45) is 0 Å². The third-order valence-corrected chi connectivity index (χ3v) is 3.70. The number of likely N-dealkylation sites (N-methyl/N-ethyl adjacent to an activating group) is 1. The van der Waals surface area contributed by atoms with Crippen molar-refractivity contribution < 1.29 is 14.6 Å². The zero-order valence-electron chi connectivity index (χ0n) is 10.5. The van der Waals surface area contributed by atoms with Crippen molar-refractivity contribution in [1.29, 1.82) is 0 Å². The molecule has 0 aliphatic rings. The molecule has 0 fully saturated rings. The van der Waals surface area contributed by atoms with Crippen LogP contribution in [0.5, 0.6) is 0 Å². The third kappa shape index (κ3) is 4.36. The van der Waals surface area contributed by atoms with E-state index in [4.69, 9.17) is 0 Å². The first kappa shape index (κ1) is 14.0. The normalized spacial score (nSPS) is 12.2. The van der Waals surface area contributed by atoms with Gasteiger partial charge in [-0.05, 0) is 30.4 Å². The Morgan fingerprint density at radius 3 is 2.88 bits per heavy atom. The van der Waals surface area contributed by atoms with E-state index in [0.717, 1.165) is 5.00 Å². The Labute approximate surface area is 106 Å². The minimum atomic E-state index is -0.513. The molecule has 0 aliphatic heterocycles. The molecule has 0 radical (unpaired) electrons. The van der Waals surface area contributed by atoms with Crippen LogP contribution >= 0.6 is 11.3 Å². The average molecular weight is 257 g/mol. The predicted molar refractivity (Wildman–Crippen MR) is 69.6 cm³/mol. The van der Waals surface area contributed by atoms with Crippen molar-refractivity contribution >= 4 is 22.3 Å². The van der Waals surface area contributed by atoms with E-state index < -0.39 is 6.10 Å². The third-order valence-electron chi connectivity index (χ3n) is 2.58. The number of carbonyl (C=O) groups is 1. The van der Waals surface area contributed by atoms with Gasteiger partial charge in [0.25, 0.3) is 0 Å². The smallest absolute Gasteiger partial charge is 0.305 e. The molecule has 1 aromatic rings. The van der Waals surface area contributed by atoms with Gasteiger partial charge in [0.15, 0.2) is 0 Å². The zero-order chi connectivity index (χ0) is 12.8. The van der Waals surface area contributed by atoms with Crippen LogP contribution in [0.4, 0.5) is 5.00 Å². The molecule has 96 valence electrons. The quantitative estimate of drug-likeness (QED) is 0.790. The van der Waals surface area contributed by atoms with Gasteiger partial charge in [-0.25, -0.2) is 0 Å². The predicted octanol–water partition coefficient (Wildman–Crippen LogP) is 1.81. The van der Waals surface area contributed by atoms with Gasteiger partial charge in [-0.1, -0.05) is 0 Å². The van der Waals surface area contributed by atoms with Crippen molar-refractivity contribution in [2.75, 3.05) is 25.6 Å². The summed E-state index contributed by atoms with van der Waals surface area (Å²) in [6.45, 7) is 2.57. The number of aliphatic hydroxyl groups excluding tert-OH is 1. The second kappa shape index (κ2) is 6.61. The van der Waals surface area contributed by atoms with Gasteiger partial charge in [0.2, 0.25) is 0 Å². The minimum Gasteiger partial charge on any atom is -0.469 e. The van der Waals surface area contributed by atoms with E-state index in [2.05, 4.69) is 10.8 Å². The first-order chi connectivity index (χ1) is 8.04. The van der Waals surface area contributed by atoms with Gasteiger partial charge in [-0.15, -0.1) is 11.3 Å². The second-order valence-electron chi connectivity index (χ2n) is 4.06. The minimum absolute atomic E-state index is 0.259. The molecule has 0 saturated carbocycles. The van der Waals surface area contributed by atoms with Crippen LogP contribution in [0.2, 0.25) is 0 Å². The summed E-state index contributed by atoms with van der Waals surface area (Å²) in [6.07, 6.45) is 0.178. The summed E-state index contributed by atoms with van der Waals surface area (Å²) in [5, 5.41) is 13.0. The van der Waals surface area contributed by atoms with Crippen LogP contribution in [0.3, 0.4) is 0 Å². The number of aliphatic hydroxyl groups is 1. The summed E-state index contributed by atoms with van der Waals surface area (Å²) in [6, 6.07) is 2.05. The van der Waals surface area contributed by atoms with Crippen LogP contribution in [0.25, 0.3) is 0 Å². The average Bonchev–Trinajstić information content (AvgIpc) is 2.72. The van der Waals surface area contributed by atoms with E-state index in [9.17, 15) is 9.90 Å². The van der Waals surface area contributed by atoms with Crippen LogP contribution in [-0.2, 0) is 9.53 Å². The lowest BCUT2D eigenvalue weighted by Crippen LogP contribution is -2.29. The van der Waals surface area contributed by atoms with Crippen LogP contribution in [0, 0.1) is 6.92 Å². The van der Waals surface area contributed by atoms with Crippen molar-refractivity contribution in [2.45, 2.75) is 25.9 Å². The number of ether oxygens (including phenoxy) is 1. The zero-order valence-corrected chi connectivity index (χ0v) is 11.3. The van der Waals surface area contributed by atoms with E-state index in [0.29, 0.717) is 13.0 Å². The molecule has 0 spiro atoms. The number of hydrogen-bond donors (Lipinski definition) is 1. The maximum Gasteiger partial charge on any atom is 0.305 e. The van der Waals surface area contributed by atoms with Crippen molar-refractivity contribution in [1.82, 2.24) is 0 Å². The molecular weight excluding hydrogens is 238 g/mol. The molecule has 1 heterocycles. The highest BCUT2D eigenvalue weighted by molar-refractivity contribution is 7.14. The Bertz CT molecular complexity index is 364. The van der Waals surface area contributed by atoms with Gasteiger partial charge in [0.1, 0.15) is 0 Å². The summed E-state index contributed by atoms with van der Waals surface area (Å²) < 4.78 is 4.54. The Morgan fingerprint density at radius 2 is 2.35 bits per heavy atom. The number of thiophene rings is 1. The number of hydrogen-bond acceptors (Lipinski definition) is 5. The van der Waals surface area contributed by atoms with Crippen molar-refractivity contribution in [3.63, 3.8) is 0 Å². The number of carbonyl (C=O) groups excluding carboxylic acids is 1. The summed E-state index contributed by atoms with van der Waals surface area (Å²) in [7, 11) is 3.30. The van der Waals surface area contributed by atoms with Crippen LogP contribution < -0.4 is 4.90 Å². The highest BCUT2D eigenvalue weighted by Crippen LogP contribution is 2.25. The Kier molecular flexibility index (Phi) is 5.44. The van der Waals surface area contributed by atoms with Crippen molar-refractivity contribution in [3.8, 4) is 0 Å². The fourth-order valence-corrected chi connectivity index (χ4v) is 2.54. The lowest BCUT2D eigenvalue weighted by molar-refractivity contribution is -0.141. The highest BCUT2D eigenvalue weighted by atomic mass is 32.1. The summed E-state index contributed by atoms with van der Waals surface area (Å²) >= 11 is 1.65. The highest BCUT2D eigenvalue weighted by Gasteiger charge is 2.13. The van der Waals surface area contributed by atoms with E-state index in [1.165, 1.54) is 12.7 Å². The molecule has 5 heteroatoms. The number of methoxy groups -OCH3 is 1. The van der Waals surface area contributed by atoms with Crippen LogP contribution in [0.15, 0.2) is 11.4 Å². The number of nitrogens with zero attached hydrogens (tertiary/aromatic N) is 1. The lowest BCUT2D eigenvalue weighted by Gasteiger charge is -2.21. The molecule has 0 saturated heterocycles. The summed E-state index contributed by atoms with van der Waals surface area (Å²) in [5.41, 5.74) is 1.21. The first-order valence-electron chi connectivity index (χ1n) is 5.54. The standard InChI is InChI=1S/C12H19NO3S/c1-9-6-7-17-12(9)13(2)8-10(14)4-5-11(15)16-3/h6-7,10,14H,4-5,8H2,1-3H3. The topological polar surface area (TPSA) is 49.8 Å². The van der Waals surface area contributed by atoms with E-state index >= 15 is 0 Å². The van der Waals surface area contributed by atoms with Crippen LogP contribution in [0.1, 0.15) is 18.4 Å². The maximum absolute atomic E-state index is 10.9. The monoisotopic (exact) mass is 257 g/mol. The summed E-state index contributed by atoms with van der Waals surface area (Å²) in [4.78, 5) is 13.0. The molecule has 1 unspecified atom stereocenters. The molecule has 0 bridgehead atoms. The molecule has 0 aromatic carbocycles. The number of rotatable bonds is 6. The molecule has 1 aromatic heterocycles. The molecule has 1 atom stereocenters. The van der Waals surface area contributed by atoms with E-state index in [1.807, 2.05) is 24.3 Å². The van der Waals surface area contributed by atoms with E-state index in [-0.39, 0.29) is 12.4 Å².